The lowest BCUT2D eigenvalue weighted by atomic mass is 10.1. The first-order valence-electron chi connectivity index (χ1n) is 6.21. The van der Waals surface area contributed by atoms with E-state index in [1.54, 1.807) is 18.5 Å². The number of hydrogen-bond donors (Lipinski definition) is 1. The number of amides is 1. The van der Waals surface area contributed by atoms with Crippen LogP contribution in [0.2, 0.25) is 0 Å². The third kappa shape index (κ3) is 2.47. The highest BCUT2D eigenvalue weighted by molar-refractivity contribution is 5.92. The maximum Gasteiger partial charge on any atom is 0.270 e. The number of hydrogen-bond acceptors (Lipinski definition) is 4. The monoisotopic (exact) mass is 264 g/mol. The molecule has 2 aromatic heterocycles. The number of fused-ring (bicyclic) bond motifs is 1. The molecule has 0 atom stereocenters. The molecule has 1 amide bonds. The molecule has 5 nitrogen and oxygen atoms in total. The quantitative estimate of drug-likeness (QED) is 0.785. The van der Waals surface area contributed by atoms with Crippen molar-refractivity contribution < 1.29 is 4.79 Å². The van der Waals surface area contributed by atoms with E-state index in [0.29, 0.717) is 12.2 Å². The summed E-state index contributed by atoms with van der Waals surface area (Å²) in [6.07, 6.45) is 4.65. The average molecular weight is 264 g/mol. The van der Waals surface area contributed by atoms with Gasteiger partial charge < -0.3 is 5.32 Å². The third-order valence-corrected chi connectivity index (χ3v) is 2.99. The number of aromatic nitrogens is 3. The summed E-state index contributed by atoms with van der Waals surface area (Å²) < 4.78 is 0. The van der Waals surface area contributed by atoms with Crippen LogP contribution >= 0.6 is 0 Å². The van der Waals surface area contributed by atoms with Gasteiger partial charge in [-0.15, -0.1) is 0 Å². The Kier molecular flexibility index (Phi) is 3.33. The first-order chi connectivity index (χ1) is 9.84. The molecule has 3 aromatic rings. The Morgan fingerprint density at radius 2 is 1.95 bits per heavy atom. The first-order valence-corrected chi connectivity index (χ1v) is 6.21. The lowest BCUT2D eigenvalue weighted by Gasteiger charge is -2.07. The van der Waals surface area contributed by atoms with Crippen molar-refractivity contribution >= 4 is 16.8 Å². The minimum Gasteiger partial charge on any atom is -0.347 e. The Labute approximate surface area is 115 Å². The number of para-hydroxylation sites is 1. The molecule has 3 rings (SSSR count). The summed E-state index contributed by atoms with van der Waals surface area (Å²) in [7, 11) is 0. The second kappa shape index (κ2) is 5.44. The molecule has 20 heavy (non-hydrogen) atoms. The zero-order valence-corrected chi connectivity index (χ0v) is 10.7. The molecule has 0 aliphatic rings. The molecule has 0 saturated heterocycles. The van der Waals surface area contributed by atoms with E-state index < -0.39 is 0 Å². The van der Waals surface area contributed by atoms with Gasteiger partial charge in [0.1, 0.15) is 12.0 Å². The van der Waals surface area contributed by atoms with E-state index in [-0.39, 0.29) is 5.91 Å². The molecule has 1 N–H and O–H groups in total. The number of nitrogens with zero attached hydrogens (tertiary/aromatic N) is 3. The molecule has 2 heterocycles. The third-order valence-electron chi connectivity index (χ3n) is 2.99. The molecule has 0 radical (unpaired) electrons. The fraction of sp³-hybridized carbons (Fsp3) is 0.0667. The van der Waals surface area contributed by atoms with Crippen LogP contribution in [0.25, 0.3) is 10.9 Å². The highest BCUT2D eigenvalue weighted by atomic mass is 16.1. The SMILES string of the molecule is O=C(NCc1ccnc2ccccc12)c1ccncn1. The summed E-state index contributed by atoms with van der Waals surface area (Å²) >= 11 is 0. The van der Waals surface area contributed by atoms with Crippen molar-refractivity contribution in [3.8, 4) is 0 Å². The van der Waals surface area contributed by atoms with Crippen LogP contribution < -0.4 is 5.32 Å². The molecule has 0 bridgehead atoms. The van der Waals surface area contributed by atoms with E-state index in [4.69, 9.17) is 0 Å². The zero-order chi connectivity index (χ0) is 13.8. The van der Waals surface area contributed by atoms with Crippen LogP contribution in [0.15, 0.2) is 55.1 Å². The Morgan fingerprint density at radius 3 is 2.80 bits per heavy atom. The molecule has 98 valence electrons. The summed E-state index contributed by atoms with van der Waals surface area (Å²) in [6.45, 7) is 0.436. The van der Waals surface area contributed by atoms with Gasteiger partial charge in [0.15, 0.2) is 0 Å². The maximum absolute atomic E-state index is 11.9. The number of carbonyl (C=O) groups excluding carboxylic acids is 1. The Balaban J connectivity index is 1.79. The van der Waals surface area contributed by atoms with Crippen molar-refractivity contribution in [3.63, 3.8) is 0 Å². The molecule has 5 heteroatoms. The van der Waals surface area contributed by atoms with Crippen LogP contribution in [0.1, 0.15) is 16.1 Å². The van der Waals surface area contributed by atoms with Crippen LogP contribution in [0.5, 0.6) is 0 Å². The van der Waals surface area contributed by atoms with Gasteiger partial charge in [-0.2, -0.15) is 0 Å². The minimum atomic E-state index is -0.215. The number of pyridine rings is 1. The van der Waals surface area contributed by atoms with Gasteiger partial charge in [-0.3, -0.25) is 9.78 Å². The summed E-state index contributed by atoms with van der Waals surface area (Å²) in [4.78, 5) is 23.9. The van der Waals surface area contributed by atoms with Gasteiger partial charge in [-0.05, 0) is 23.8 Å². The lowest BCUT2D eigenvalue weighted by Crippen LogP contribution is -2.23. The molecule has 0 unspecified atom stereocenters. The van der Waals surface area contributed by atoms with Gasteiger partial charge in [0.05, 0.1) is 5.52 Å². The van der Waals surface area contributed by atoms with Crippen LogP contribution in [0, 0.1) is 0 Å². The Morgan fingerprint density at radius 1 is 1.05 bits per heavy atom. The summed E-state index contributed by atoms with van der Waals surface area (Å²) in [5.41, 5.74) is 2.30. The number of nitrogens with one attached hydrogen (secondary N) is 1. The van der Waals surface area contributed by atoms with Crippen molar-refractivity contribution in [2.45, 2.75) is 6.54 Å². The molecular weight excluding hydrogens is 252 g/mol. The van der Waals surface area contributed by atoms with Gasteiger partial charge in [0.2, 0.25) is 0 Å². The maximum atomic E-state index is 11.9. The van der Waals surface area contributed by atoms with Crippen LogP contribution in [-0.2, 0) is 6.54 Å². The summed E-state index contributed by atoms with van der Waals surface area (Å²) in [6, 6.07) is 11.3. The van der Waals surface area contributed by atoms with E-state index in [1.165, 1.54) is 6.33 Å². The molecule has 0 saturated carbocycles. The van der Waals surface area contributed by atoms with Crippen LogP contribution in [0.4, 0.5) is 0 Å². The lowest BCUT2D eigenvalue weighted by molar-refractivity contribution is 0.0946. The first kappa shape index (κ1) is 12.2. The number of carbonyl (C=O) groups is 1. The van der Waals surface area contributed by atoms with Gasteiger partial charge in [0, 0.05) is 24.3 Å². The van der Waals surface area contributed by atoms with E-state index in [0.717, 1.165) is 16.5 Å². The normalized spacial score (nSPS) is 10.4. The van der Waals surface area contributed by atoms with Crippen LogP contribution in [0.3, 0.4) is 0 Å². The molecule has 0 aliphatic carbocycles. The Hall–Kier alpha value is -2.82. The second-order valence-electron chi connectivity index (χ2n) is 4.26. The van der Waals surface area contributed by atoms with Crippen LogP contribution in [-0.4, -0.2) is 20.9 Å². The minimum absolute atomic E-state index is 0.215. The summed E-state index contributed by atoms with van der Waals surface area (Å²) in [5, 5.41) is 3.89. The summed E-state index contributed by atoms with van der Waals surface area (Å²) in [5.74, 6) is -0.215. The largest absolute Gasteiger partial charge is 0.347 e. The van der Waals surface area contributed by atoms with E-state index in [1.807, 2.05) is 30.3 Å². The Bertz CT molecular complexity index is 738. The predicted molar refractivity (Wildman–Crippen MR) is 74.9 cm³/mol. The molecular formula is C15H12N4O. The second-order valence-corrected chi connectivity index (χ2v) is 4.26. The number of rotatable bonds is 3. The molecule has 0 aliphatic heterocycles. The highest BCUT2D eigenvalue weighted by Crippen LogP contribution is 2.15. The zero-order valence-electron chi connectivity index (χ0n) is 10.7. The molecule has 1 aromatic carbocycles. The number of benzene rings is 1. The topological polar surface area (TPSA) is 67.8 Å². The standard InChI is InChI=1S/C15H12N4O/c20-15(14-6-7-16-10-19-14)18-9-11-5-8-17-13-4-2-1-3-12(11)13/h1-8,10H,9H2,(H,18,20). The predicted octanol–water partition coefficient (Wildman–Crippen LogP) is 1.95. The van der Waals surface area contributed by atoms with Crippen molar-refractivity contribution in [1.82, 2.24) is 20.3 Å². The highest BCUT2D eigenvalue weighted by Gasteiger charge is 2.07. The van der Waals surface area contributed by atoms with Crippen molar-refractivity contribution in [3.05, 3.63) is 66.4 Å². The van der Waals surface area contributed by atoms with Crippen molar-refractivity contribution in [2.24, 2.45) is 0 Å². The van der Waals surface area contributed by atoms with E-state index in [9.17, 15) is 4.79 Å². The smallest absolute Gasteiger partial charge is 0.270 e. The average Bonchev–Trinajstić information content (AvgIpc) is 2.53. The molecule has 0 spiro atoms. The van der Waals surface area contributed by atoms with Gasteiger partial charge >= 0.3 is 0 Å². The fourth-order valence-electron chi connectivity index (χ4n) is 2.00. The van der Waals surface area contributed by atoms with Gasteiger partial charge in [-0.25, -0.2) is 9.97 Å². The van der Waals surface area contributed by atoms with Crippen molar-refractivity contribution in [2.75, 3.05) is 0 Å². The van der Waals surface area contributed by atoms with Gasteiger partial charge in [0.25, 0.3) is 5.91 Å². The molecule has 0 fully saturated rings. The van der Waals surface area contributed by atoms with Crippen molar-refractivity contribution in [1.29, 1.82) is 0 Å². The van der Waals surface area contributed by atoms with Gasteiger partial charge in [-0.1, -0.05) is 18.2 Å². The van der Waals surface area contributed by atoms with E-state index >= 15 is 0 Å². The fourth-order valence-corrected chi connectivity index (χ4v) is 2.00. The van der Waals surface area contributed by atoms with E-state index in [2.05, 4.69) is 20.3 Å².